The summed E-state index contributed by atoms with van der Waals surface area (Å²) in [6.45, 7) is 0. The van der Waals surface area contributed by atoms with E-state index in [2.05, 4.69) is 10.3 Å². The third kappa shape index (κ3) is 5.53. The van der Waals surface area contributed by atoms with Gasteiger partial charge in [0, 0.05) is 28.5 Å². The normalized spacial score (nSPS) is 11.3. The predicted molar refractivity (Wildman–Crippen MR) is 99.6 cm³/mol. The molecule has 0 spiro atoms. The Morgan fingerprint density at radius 3 is 2.81 bits per heavy atom. The van der Waals surface area contributed by atoms with E-state index >= 15 is 0 Å². The highest BCUT2D eigenvalue weighted by Gasteiger charge is 2.07. The molecule has 1 N–H and O–H groups in total. The summed E-state index contributed by atoms with van der Waals surface area (Å²) in [7, 11) is 0. The molecule has 26 heavy (non-hydrogen) atoms. The highest BCUT2D eigenvalue weighted by Crippen LogP contribution is 2.26. The zero-order valence-electron chi connectivity index (χ0n) is 13.4. The molecular formula is C18H14F2N2O2S2. The van der Waals surface area contributed by atoms with Crippen LogP contribution in [0.4, 0.5) is 13.9 Å². The molecule has 0 bridgehead atoms. The first-order valence-electron chi connectivity index (χ1n) is 7.59. The number of furan rings is 1. The van der Waals surface area contributed by atoms with Gasteiger partial charge in [-0.25, -0.2) is 4.98 Å². The maximum Gasteiger partial charge on any atom is 0.288 e. The van der Waals surface area contributed by atoms with E-state index in [9.17, 15) is 13.6 Å². The highest BCUT2D eigenvalue weighted by atomic mass is 32.2. The standard InChI is InChI=1S/C18H14F2N2O2S2/c19-17(20)25-14-6-3-12(4-7-14)10-15-11-21-18(26-15)22-16(23)8-5-13-2-1-9-24-13/h1-9,11,17H,10H2,(H,21,22,23)/b8-5+. The average molecular weight is 392 g/mol. The number of hydrogen-bond donors (Lipinski definition) is 1. The van der Waals surface area contributed by atoms with Gasteiger partial charge in [0.2, 0.25) is 5.91 Å². The molecule has 0 unspecified atom stereocenters. The van der Waals surface area contributed by atoms with E-state index < -0.39 is 5.76 Å². The lowest BCUT2D eigenvalue weighted by Crippen LogP contribution is -2.06. The number of nitrogens with one attached hydrogen (secondary N) is 1. The van der Waals surface area contributed by atoms with E-state index in [1.807, 2.05) is 12.1 Å². The van der Waals surface area contributed by atoms with Crippen molar-refractivity contribution in [1.82, 2.24) is 4.98 Å². The molecule has 134 valence electrons. The van der Waals surface area contributed by atoms with Crippen molar-refractivity contribution in [3.05, 3.63) is 71.1 Å². The number of halogens is 2. The Morgan fingerprint density at radius 1 is 1.31 bits per heavy atom. The Bertz CT molecular complexity index is 875. The van der Waals surface area contributed by atoms with Crippen LogP contribution in [0, 0.1) is 0 Å². The monoisotopic (exact) mass is 392 g/mol. The first-order chi connectivity index (χ1) is 12.6. The largest absolute Gasteiger partial charge is 0.465 e. The van der Waals surface area contributed by atoms with Crippen LogP contribution in [0.2, 0.25) is 0 Å². The van der Waals surface area contributed by atoms with Gasteiger partial charge < -0.3 is 4.42 Å². The van der Waals surface area contributed by atoms with Crippen molar-refractivity contribution in [1.29, 1.82) is 0 Å². The Hall–Kier alpha value is -2.45. The highest BCUT2D eigenvalue weighted by molar-refractivity contribution is 7.99. The molecule has 4 nitrogen and oxygen atoms in total. The zero-order chi connectivity index (χ0) is 18.4. The molecular weight excluding hydrogens is 378 g/mol. The molecule has 0 saturated heterocycles. The van der Waals surface area contributed by atoms with Crippen molar-refractivity contribution in [2.45, 2.75) is 17.1 Å². The minimum Gasteiger partial charge on any atom is -0.465 e. The number of anilines is 1. The number of carbonyl (C=O) groups excluding carboxylic acids is 1. The number of amides is 1. The van der Waals surface area contributed by atoms with Gasteiger partial charge in [-0.05, 0) is 35.9 Å². The van der Waals surface area contributed by atoms with E-state index in [1.165, 1.54) is 23.7 Å². The summed E-state index contributed by atoms with van der Waals surface area (Å²) in [5.41, 5.74) is 0.989. The average Bonchev–Trinajstić information content (AvgIpc) is 3.26. The summed E-state index contributed by atoms with van der Waals surface area (Å²) >= 11 is 1.89. The van der Waals surface area contributed by atoms with Gasteiger partial charge in [0.05, 0.1) is 6.26 Å². The fourth-order valence-electron chi connectivity index (χ4n) is 2.13. The second-order valence-corrected chi connectivity index (χ2v) is 7.35. The Kier molecular flexibility index (Phi) is 6.19. The van der Waals surface area contributed by atoms with Crippen LogP contribution in [-0.2, 0) is 11.2 Å². The maximum absolute atomic E-state index is 12.3. The quantitative estimate of drug-likeness (QED) is 0.438. The second kappa shape index (κ2) is 8.77. The number of carbonyl (C=O) groups is 1. The molecule has 3 aromatic rings. The van der Waals surface area contributed by atoms with Crippen molar-refractivity contribution in [2.75, 3.05) is 5.32 Å². The summed E-state index contributed by atoms with van der Waals surface area (Å²) in [5, 5.41) is 3.19. The number of thioether (sulfide) groups is 1. The molecule has 0 radical (unpaired) electrons. The lowest BCUT2D eigenvalue weighted by Gasteiger charge is -2.02. The first-order valence-corrected chi connectivity index (χ1v) is 9.29. The summed E-state index contributed by atoms with van der Waals surface area (Å²) in [5.74, 6) is -2.13. The Morgan fingerprint density at radius 2 is 2.12 bits per heavy atom. The number of benzene rings is 1. The number of aromatic nitrogens is 1. The van der Waals surface area contributed by atoms with Crippen molar-refractivity contribution in [2.24, 2.45) is 0 Å². The molecule has 0 aliphatic rings. The molecule has 0 fully saturated rings. The lowest BCUT2D eigenvalue weighted by atomic mass is 10.1. The van der Waals surface area contributed by atoms with E-state index in [0.29, 0.717) is 34.0 Å². The van der Waals surface area contributed by atoms with E-state index in [0.717, 1.165) is 10.4 Å². The van der Waals surface area contributed by atoms with Crippen molar-refractivity contribution in [3.8, 4) is 0 Å². The van der Waals surface area contributed by atoms with Crippen LogP contribution in [0.25, 0.3) is 6.08 Å². The summed E-state index contributed by atoms with van der Waals surface area (Å²) in [4.78, 5) is 17.5. The summed E-state index contributed by atoms with van der Waals surface area (Å²) in [6, 6.07) is 10.5. The van der Waals surface area contributed by atoms with Crippen molar-refractivity contribution in [3.63, 3.8) is 0 Å². The van der Waals surface area contributed by atoms with Gasteiger partial charge >= 0.3 is 0 Å². The maximum atomic E-state index is 12.3. The topological polar surface area (TPSA) is 55.1 Å². The molecule has 2 heterocycles. The minimum absolute atomic E-state index is 0.296. The van der Waals surface area contributed by atoms with Crippen molar-refractivity contribution < 1.29 is 18.0 Å². The Balaban J connectivity index is 1.55. The fourth-order valence-corrected chi connectivity index (χ4v) is 3.48. The molecule has 3 rings (SSSR count). The van der Waals surface area contributed by atoms with Crippen LogP contribution in [0.5, 0.6) is 0 Å². The minimum atomic E-state index is -2.42. The molecule has 0 atom stereocenters. The van der Waals surface area contributed by atoms with Gasteiger partial charge in [0.15, 0.2) is 5.13 Å². The predicted octanol–water partition coefficient (Wildman–Crippen LogP) is 5.29. The number of nitrogens with zero attached hydrogens (tertiary/aromatic N) is 1. The lowest BCUT2D eigenvalue weighted by molar-refractivity contribution is -0.111. The van der Waals surface area contributed by atoms with Crippen LogP contribution in [-0.4, -0.2) is 16.6 Å². The van der Waals surface area contributed by atoms with Gasteiger partial charge in [-0.3, -0.25) is 10.1 Å². The van der Waals surface area contributed by atoms with Gasteiger partial charge in [-0.15, -0.1) is 11.3 Å². The number of thiazole rings is 1. The van der Waals surface area contributed by atoms with Gasteiger partial charge in [-0.1, -0.05) is 23.9 Å². The molecule has 1 aromatic carbocycles. The molecule has 0 saturated carbocycles. The SMILES string of the molecule is O=C(/C=C/c1ccco1)Nc1ncc(Cc2ccc(SC(F)F)cc2)s1. The summed E-state index contributed by atoms with van der Waals surface area (Å²) < 4.78 is 29.8. The molecule has 0 aliphatic heterocycles. The molecule has 0 aliphatic carbocycles. The van der Waals surface area contributed by atoms with Gasteiger partial charge in [0.1, 0.15) is 5.76 Å². The fraction of sp³-hybridized carbons (Fsp3) is 0.111. The third-order valence-corrected chi connectivity index (χ3v) is 4.89. The number of rotatable bonds is 7. The first kappa shape index (κ1) is 18.3. The zero-order valence-corrected chi connectivity index (χ0v) is 15.0. The molecule has 2 aromatic heterocycles. The van der Waals surface area contributed by atoms with Crippen LogP contribution in [0.15, 0.2) is 64.2 Å². The summed E-state index contributed by atoms with van der Waals surface area (Å²) in [6.07, 6.45) is 6.79. The van der Waals surface area contributed by atoms with Crippen molar-refractivity contribution >= 4 is 40.2 Å². The Labute approximate surface area is 157 Å². The van der Waals surface area contributed by atoms with E-state index in [4.69, 9.17) is 4.42 Å². The molecule has 8 heteroatoms. The van der Waals surface area contributed by atoms with E-state index in [-0.39, 0.29) is 5.91 Å². The smallest absolute Gasteiger partial charge is 0.288 e. The van der Waals surface area contributed by atoms with Crippen LogP contribution >= 0.6 is 23.1 Å². The number of alkyl halides is 2. The van der Waals surface area contributed by atoms with E-state index in [1.54, 1.807) is 36.5 Å². The van der Waals surface area contributed by atoms with Gasteiger partial charge in [-0.2, -0.15) is 8.78 Å². The third-order valence-electron chi connectivity index (χ3n) is 3.25. The van der Waals surface area contributed by atoms with Crippen LogP contribution in [0.1, 0.15) is 16.2 Å². The number of hydrogen-bond acceptors (Lipinski definition) is 5. The second-order valence-electron chi connectivity index (χ2n) is 5.17. The van der Waals surface area contributed by atoms with Crippen LogP contribution in [0.3, 0.4) is 0 Å². The molecule has 1 amide bonds. The van der Waals surface area contributed by atoms with Gasteiger partial charge in [0.25, 0.3) is 5.76 Å². The van der Waals surface area contributed by atoms with Crippen LogP contribution < -0.4 is 5.32 Å².